The first-order chi connectivity index (χ1) is 14.3. The van der Waals surface area contributed by atoms with E-state index in [9.17, 15) is 22.8 Å². The van der Waals surface area contributed by atoms with Crippen LogP contribution in [0.5, 0.6) is 0 Å². The number of nitrogens with one attached hydrogen (secondary N) is 1. The lowest BCUT2D eigenvalue weighted by atomic mass is 10.2. The van der Waals surface area contributed by atoms with Gasteiger partial charge in [-0.25, -0.2) is 15.0 Å². The van der Waals surface area contributed by atoms with Crippen molar-refractivity contribution < 1.29 is 18.0 Å². The zero-order valence-corrected chi connectivity index (χ0v) is 17.1. The van der Waals surface area contributed by atoms with Crippen molar-refractivity contribution in [2.24, 2.45) is 0 Å². The Morgan fingerprint density at radius 2 is 1.97 bits per heavy atom. The SMILES string of the molecule is CCCc1cc(=O)[nH]c(SCC(=O)N2CCN(c3nccc(C(F)(F)F)n3)CC2)n1. The molecule has 0 aromatic carbocycles. The first-order valence-corrected chi connectivity index (χ1v) is 10.4. The van der Waals surface area contributed by atoms with Crippen LogP contribution in [0.25, 0.3) is 0 Å². The maximum atomic E-state index is 12.8. The molecule has 2 aromatic rings. The van der Waals surface area contributed by atoms with Gasteiger partial charge in [-0.05, 0) is 12.5 Å². The van der Waals surface area contributed by atoms with Crippen LogP contribution < -0.4 is 10.5 Å². The van der Waals surface area contributed by atoms with Gasteiger partial charge in [-0.3, -0.25) is 9.59 Å². The molecule has 0 bridgehead atoms. The van der Waals surface area contributed by atoms with Gasteiger partial charge in [0, 0.05) is 44.1 Å². The minimum atomic E-state index is -4.53. The first kappa shape index (κ1) is 22.1. The predicted molar refractivity (Wildman–Crippen MR) is 105 cm³/mol. The number of carbonyl (C=O) groups is 1. The Kier molecular flexibility index (Phi) is 6.95. The van der Waals surface area contributed by atoms with E-state index in [1.165, 1.54) is 6.07 Å². The first-order valence-electron chi connectivity index (χ1n) is 9.42. The van der Waals surface area contributed by atoms with E-state index in [0.29, 0.717) is 43.5 Å². The third-order valence-electron chi connectivity index (χ3n) is 4.46. The molecule has 3 heterocycles. The molecule has 1 saturated heterocycles. The van der Waals surface area contributed by atoms with Gasteiger partial charge < -0.3 is 14.8 Å². The average molecular weight is 442 g/mol. The number of hydrogen-bond donors (Lipinski definition) is 1. The number of aromatic nitrogens is 4. The number of rotatable bonds is 6. The van der Waals surface area contributed by atoms with Gasteiger partial charge in [-0.15, -0.1) is 0 Å². The number of aryl methyl sites for hydroxylation is 1. The molecule has 162 valence electrons. The van der Waals surface area contributed by atoms with E-state index < -0.39 is 11.9 Å². The lowest BCUT2D eigenvalue weighted by Gasteiger charge is -2.34. The third kappa shape index (κ3) is 5.71. The Morgan fingerprint density at radius 3 is 2.63 bits per heavy atom. The van der Waals surface area contributed by atoms with Crippen LogP contribution in [0.4, 0.5) is 19.1 Å². The molecule has 1 aliphatic rings. The summed E-state index contributed by atoms with van der Waals surface area (Å²) in [7, 11) is 0. The molecule has 0 radical (unpaired) electrons. The average Bonchev–Trinajstić information content (AvgIpc) is 2.71. The van der Waals surface area contributed by atoms with E-state index in [0.717, 1.165) is 30.4 Å². The van der Waals surface area contributed by atoms with Crippen LogP contribution in [0.1, 0.15) is 24.7 Å². The Bertz CT molecular complexity index is 944. The van der Waals surface area contributed by atoms with Crippen molar-refractivity contribution >= 4 is 23.6 Å². The zero-order chi connectivity index (χ0) is 21.7. The largest absolute Gasteiger partial charge is 0.433 e. The molecule has 1 amide bonds. The number of amides is 1. The molecule has 0 saturated carbocycles. The highest BCUT2D eigenvalue weighted by atomic mass is 32.2. The smallest absolute Gasteiger partial charge is 0.338 e. The molecule has 1 aliphatic heterocycles. The van der Waals surface area contributed by atoms with Gasteiger partial charge in [0.15, 0.2) is 5.16 Å². The molecule has 0 spiro atoms. The molecule has 0 aliphatic carbocycles. The lowest BCUT2D eigenvalue weighted by molar-refractivity contribution is -0.141. The quantitative estimate of drug-likeness (QED) is 0.540. The number of piperazine rings is 1. The fourth-order valence-corrected chi connectivity index (χ4v) is 3.77. The number of nitrogens with zero attached hydrogens (tertiary/aromatic N) is 5. The number of anilines is 1. The summed E-state index contributed by atoms with van der Waals surface area (Å²) in [6.07, 6.45) is -1.90. The van der Waals surface area contributed by atoms with Crippen molar-refractivity contribution in [1.29, 1.82) is 0 Å². The van der Waals surface area contributed by atoms with E-state index in [1.54, 1.807) is 9.80 Å². The summed E-state index contributed by atoms with van der Waals surface area (Å²) < 4.78 is 38.5. The van der Waals surface area contributed by atoms with E-state index in [4.69, 9.17) is 0 Å². The molecule has 3 rings (SSSR count). The molecule has 0 unspecified atom stereocenters. The number of alkyl halides is 3. The molecular formula is C18H21F3N6O2S. The maximum Gasteiger partial charge on any atom is 0.433 e. The predicted octanol–water partition coefficient (Wildman–Crippen LogP) is 1.97. The maximum absolute atomic E-state index is 12.8. The zero-order valence-electron chi connectivity index (χ0n) is 16.3. The van der Waals surface area contributed by atoms with Gasteiger partial charge >= 0.3 is 6.18 Å². The molecule has 0 atom stereocenters. The van der Waals surface area contributed by atoms with Crippen molar-refractivity contribution in [3.05, 3.63) is 40.1 Å². The van der Waals surface area contributed by atoms with Crippen molar-refractivity contribution in [1.82, 2.24) is 24.8 Å². The molecule has 1 fully saturated rings. The highest BCUT2D eigenvalue weighted by Gasteiger charge is 2.33. The molecule has 30 heavy (non-hydrogen) atoms. The minimum absolute atomic E-state index is 0.000753. The van der Waals surface area contributed by atoms with E-state index >= 15 is 0 Å². The van der Waals surface area contributed by atoms with Gasteiger partial charge in [0.25, 0.3) is 5.56 Å². The Balaban J connectivity index is 1.54. The second-order valence-electron chi connectivity index (χ2n) is 6.69. The topological polar surface area (TPSA) is 95.1 Å². The summed E-state index contributed by atoms with van der Waals surface area (Å²) in [6, 6.07) is 2.28. The second kappa shape index (κ2) is 9.45. The Morgan fingerprint density at radius 1 is 1.23 bits per heavy atom. The molecule has 1 N–H and O–H groups in total. The summed E-state index contributed by atoms with van der Waals surface area (Å²) in [4.78, 5) is 41.9. The van der Waals surface area contributed by atoms with Gasteiger partial charge in [0.1, 0.15) is 5.69 Å². The number of hydrogen-bond acceptors (Lipinski definition) is 7. The number of halogens is 3. The fourth-order valence-electron chi connectivity index (χ4n) is 2.97. The Labute approximate surface area is 174 Å². The van der Waals surface area contributed by atoms with Gasteiger partial charge in [-0.2, -0.15) is 13.2 Å². The van der Waals surface area contributed by atoms with Crippen LogP contribution >= 0.6 is 11.8 Å². The highest BCUT2D eigenvalue weighted by Crippen LogP contribution is 2.28. The molecule has 8 nitrogen and oxygen atoms in total. The molecule has 12 heteroatoms. The lowest BCUT2D eigenvalue weighted by Crippen LogP contribution is -2.49. The van der Waals surface area contributed by atoms with Gasteiger partial charge in [0.05, 0.1) is 5.75 Å². The van der Waals surface area contributed by atoms with Crippen molar-refractivity contribution in [2.75, 3.05) is 36.8 Å². The summed E-state index contributed by atoms with van der Waals surface area (Å²) >= 11 is 1.16. The summed E-state index contributed by atoms with van der Waals surface area (Å²) in [6.45, 7) is 3.35. The summed E-state index contributed by atoms with van der Waals surface area (Å²) in [5.41, 5.74) is -0.557. The summed E-state index contributed by atoms with van der Waals surface area (Å²) in [5, 5.41) is 0.398. The van der Waals surface area contributed by atoms with Crippen LogP contribution in [-0.4, -0.2) is 62.7 Å². The number of thioether (sulfide) groups is 1. The van der Waals surface area contributed by atoms with E-state index in [2.05, 4.69) is 19.9 Å². The third-order valence-corrected chi connectivity index (χ3v) is 5.32. The normalized spacial score (nSPS) is 14.8. The number of H-pyrrole nitrogens is 1. The molecular weight excluding hydrogens is 421 g/mol. The number of aromatic amines is 1. The van der Waals surface area contributed by atoms with E-state index in [1.807, 2.05) is 6.92 Å². The van der Waals surface area contributed by atoms with Crippen molar-refractivity contribution in [3.8, 4) is 0 Å². The monoisotopic (exact) mass is 442 g/mol. The number of carbonyl (C=O) groups excluding carboxylic acids is 1. The van der Waals surface area contributed by atoms with E-state index in [-0.39, 0.29) is 23.2 Å². The van der Waals surface area contributed by atoms with Crippen molar-refractivity contribution in [2.45, 2.75) is 31.1 Å². The van der Waals surface area contributed by atoms with Crippen LogP contribution in [0, 0.1) is 0 Å². The fraction of sp³-hybridized carbons (Fsp3) is 0.500. The Hall–Kier alpha value is -2.63. The standard InChI is InChI=1S/C18H21F3N6O2S/c1-2-3-12-10-14(28)25-17(23-12)30-11-15(29)26-6-8-27(9-7-26)16-22-5-4-13(24-16)18(19,20)21/h4-5,10H,2-3,6-9,11H2,1H3,(H,23,25,28). The van der Waals surface area contributed by atoms with Gasteiger partial charge in [0.2, 0.25) is 11.9 Å². The van der Waals surface area contributed by atoms with Crippen LogP contribution in [0.15, 0.2) is 28.3 Å². The summed E-state index contributed by atoms with van der Waals surface area (Å²) in [5.74, 6) is -0.0209. The van der Waals surface area contributed by atoms with Crippen LogP contribution in [0.2, 0.25) is 0 Å². The second-order valence-corrected chi connectivity index (χ2v) is 7.65. The molecule has 2 aromatic heterocycles. The van der Waals surface area contributed by atoms with Crippen LogP contribution in [0.3, 0.4) is 0 Å². The van der Waals surface area contributed by atoms with Gasteiger partial charge in [-0.1, -0.05) is 25.1 Å². The van der Waals surface area contributed by atoms with Crippen LogP contribution in [-0.2, 0) is 17.4 Å². The highest BCUT2D eigenvalue weighted by molar-refractivity contribution is 7.99. The minimum Gasteiger partial charge on any atom is -0.338 e. The van der Waals surface area contributed by atoms with Crippen molar-refractivity contribution in [3.63, 3.8) is 0 Å².